The van der Waals surface area contributed by atoms with Gasteiger partial charge in [0.25, 0.3) is 0 Å². The van der Waals surface area contributed by atoms with Crippen molar-refractivity contribution in [1.29, 1.82) is 0 Å². The molecule has 4 saturated carbocycles. The third-order valence-electron chi connectivity index (χ3n) is 8.63. The maximum absolute atomic E-state index is 13.2. The van der Waals surface area contributed by atoms with E-state index in [0.29, 0.717) is 24.8 Å². The van der Waals surface area contributed by atoms with E-state index in [1.165, 1.54) is 0 Å². The number of ketones is 1. The smallest absolute Gasteiger partial charge is 0.170 e. The van der Waals surface area contributed by atoms with Gasteiger partial charge in [0.2, 0.25) is 0 Å². The van der Waals surface area contributed by atoms with Crippen molar-refractivity contribution in [3.05, 3.63) is 12.2 Å². The Morgan fingerprint density at radius 2 is 1.84 bits per heavy atom. The number of aliphatic hydroxyl groups is 4. The summed E-state index contributed by atoms with van der Waals surface area (Å²) in [7, 11) is 0. The Kier molecular flexibility index (Phi) is 3.80. The minimum Gasteiger partial charge on any atom is -0.396 e. The molecule has 5 heteroatoms. The minimum absolute atomic E-state index is 0.0116. The zero-order valence-corrected chi connectivity index (χ0v) is 14.9. The Morgan fingerprint density at radius 3 is 2.48 bits per heavy atom. The summed E-state index contributed by atoms with van der Waals surface area (Å²) in [5.74, 6) is -0.774. The van der Waals surface area contributed by atoms with Crippen molar-refractivity contribution in [3.63, 3.8) is 0 Å². The van der Waals surface area contributed by atoms with E-state index in [1.807, 2.05) is 6.92 Å². The van der Waals surface area contributed by atoms with E-state index < -0.39 is 23.0 Å². The molecule has 1 spiro atoms. The number of hydrogen-bond donors (Lipinski definition) is 4. The van der Waals surface area contributed by atoms with Gasteiger partial charge in [-0.15, -0.1) is 0 Å². The van der Waals surface area contributed by atoms with E-state index in [-0.39, 0.29) is 42.2 Å². The molecule has 0 aromatic carbocycles. The third-order valence-corrected chi connectivity index (χ3v) is 8.63. The Hall–Kier alpha value is -0.750. The van der Waals surface area contributed by atoms with Gasteiger partial charge in [-0.25, -0.2) is 0 Å². The number of Topliss-reactive ketones (excluding diaryl/α,β-unsaturated/α-hetero) is 1. The second-order valence-corrected chi connectivity index (χ2v) is 9.33. The lowest BCUT2D eigenvalue weighted by molar-refractivity contribution is -0.244. The molecule has 0 saturated heterocycles. The average Bonchev–Trinajstić information content (AvgIpc) is 2.71. The van der Waals surface area contributed by atoms with Gasteiger partial charge in [0.05, 0.1) is 17.6 Å². The number of hydrogen-bond acceptors (Lipinski definition) is 5. The third kappa shape index (κ3) is 1.81. The Bertz CT molecular complexity index is 617. The molecule has 4 fully saturated rings. The molecule has 0 aromatic heterocycles. The molecule has 5 nitrogen and oxygen atoms in total. The van der Waals surface area contributed by atoms with Gasteiger partial charge >= 0.3 is 0 Å². The quantitative estimate of drug-likeness (QED) is 0.558. The SMILES string of the molecule is C=C1C(=O)[C@@]23[C@H](O)C[C@@H]4[C@@](C)(CO)CCC[C@@]4(CO)[C@@H]2CC[C@@H]1[C@H]3O. The molecule has 0 radical (unpaired) electrons. The first kappa shape index (κ1) is 17.7. The van der Waals surface area contributed by atoms with E-state index >= 15 is 0 Å². The fourth-order valence-electron chi connectivity index (χ4n) is 7.44. The van der Waals surface area contributed by atoms with Crippen molar-refractivity contribution >= 4 is 5.78 Å². The van der Waals surface area contributed by atoms with Crippen molar-refractivity contribution in [2.45, 2.75) is 57.7 Å². The molecule has 8 atom stereocenters. The van der Waals surface area contributed by atoms with Gasteiger partial charge in [0, 0.05) is 24.5 Å². The predicted molar refractivity (Wildman–Crippen MR) is 91.5 cm³/mol. The maximum Gasteiger partial charge on any atom is 0.170 e. The molecule has 0 aliphatic heterocycles. The average molecular weight is 350 g/mol. The largest absolute Gasteiger partial charge is 0.396 e. The van der Waals surface area contributed by atoms with Crippen molar-refractivity contribution in [2.75, 3.05) is 13.2 Å². The summed E-state index contributed by atoms with van der Waals surface area (Å²) in [6.45, 7) is 5.90. The van der Waals surface area contributed by atoms with E-state index in [4.69, 9.17) is 0 Å². The molecule has 25 heavy (non-hydrogen) atoms. The first-order valence-electron chi connectivity index (χ1n) is 9.61. The molecule has 4 rings (SSSR count). The summed E-state index contributed by atoms with van der Waals surface area (Å²) < 4.78 is 0. The van der Waals surface area contributed by atoms with Gasteiger partial charge in [-0.1, -0.05) is 19.9 Å². The summed E-state index contributed by atoms with van der Waals surface area (Å²) in [6.07, 6.45) is 2.39. The lowest BCUT2D eigenvalue weighted by atomic mass is 9.39. The van der Waals surface area contributed by atoms with E-state index in [1.54, 1.807) is 0 Å². The lowest BCUT2D eigenvalue weighted by Gasteiger charge is -2.65. The fraction of sp³-hybridized carbons (Fsp3) is 0.850. The summed E-state index contributed by atoms with van der Waals surface area (Å²) >= 11 is 0. The highest BCUT2D eigenvalue weighted by Gasteiger charge is 2.74. The Labute approximate surface area is 148 Å². The van der Waals surface area contributed by atoms with E-state index in [0.717, 1.165) is 19.3 Å². The number of carbonyl (C=O) groups excluding carboxylic acids is 1. The molecule has 4 aliphatic carbocycles. The number of fused-ring (bicyclic) bond motifs is 3. The summed E-state index contributed by atoms with van der Waals surface area (Å²) in [6, 6.07) is 0. The van der Waals surface area contributed by atoms with Gasteiger partial charge < -0.3 is 20.4 Å². The topological polar surface area (TPSA) is 98.0 Å². The number of aliphatic hydroxyl groups excluding tert-OH is 4. The summed E-state index contributed by atoms with van der Waals surface area (Å²) in [5.41, 5.74) is -1.67. The van der Waals surface area contributed by atoms with Gasteiger partial charge in [0.1, 0.15) is 0 Å². The van der Waals surface area contributed by atoms with Crippen molar-refractivity contribution in [2.24, 2.45) is 34.0 Å². The van der Waals surface area contributed by atoms with Crippen LogP contribution in [-0.2, 0) is 4.79 Å². The monoisotopic (exact) mass is 350 g/mol. The van der Waals surface area contributed by atoms with Crippen molar-refractivity contribution in [1.82, 2.24) is 0 Å². The fourth-order valence-corrected chi connectivity index (χ4v) is 7.44. The first-order valence-corrected chi connectivity index (χ1v) is 9.61. The normalized spacial score (nSPS) is 55.0. The molecule has 0 aromatic rings. The summed E-state index contributed by atoms with van der Waals surface area (Å²) in [4.78, 5) is 13.2. The first-order chi connectivity index (χ1) is 11.8. The van der Waals surface area contributed by atoms with Crippen LogP contribution in [0.3, 0.4) is 0 Å². The van der Waals surface area contributed by atoms with Crippen LogP contribution in [0.2, 0.25) is 0 Å². The predicted octanol–water partition coefficient (Wildman–Crippen LogP) is 1.04. The van der Waals surface area contributed by atoms with Crippen LogP contribution in [0.4, 0.5) is 0 Å². The molecule has 0 amide bonds. The van der Waals surface area contributed by atoms with Crippen molar-refractivity contribution in [3.8, 4) is 0 Å². The zero-order valence-electron chi connectivity index (χ0n) is 14.9. The molecule has 0 unspecified atom stereocenters. The van der Waals surface area contributed by atoms with Crippen LogP contribution >= 0.6 is 0 Å². The van der Waals surface area contributed by atoms with Gasteiger partial charge in [-0.05, 0) is 54.9 Å². The van der Waals surface area contributed by atoms with Gasteiger partial charge in [-0.2, -0.15) is 0 Å². The van der Waals surface area contributed by atoms with Crippen molar-refractivity contribution < 1.29 is 25.2 Å². The highest BCUT2D eigenvalue weighted by atomic mass is 16.3. The second-order valence-electron chi connectivity index (χ2n) is 9.33. The van der Waals surface area contributed by atoms with Gasteiger partial charge in [0.15, 0.2) is 5.78 Å². The van der Waals surface area contributed by atoms with Crippen LogP contribution in [0.5, 0.6) is 0 Å². The van der Waals surface area contributed by atoms with Crippen LogP contribution in [0.15, 0.2) is 12.2 Å². The summed E-state index contributed by atoms with van der Waals surface area (Å²) in [5, 5.41) is 42.7. The molecule has 2 bridgehead atoms. The molecular formula is C20H30O5. The molecule has 140 valence electrons. The Balaban J connectivity index is 1.89. The lowest BCUT2D eigenvalue weighted by Crippen LogP contribution is -2.69. The second kappa shape index (κ2) is 5.38. The highest BCUT2D eigenvalue weighted by Crippen LogP contribution is 2.70. The van der Waals surface area contributed by atoms with Crippen LogP contribution in [0.1, 0.15) is 45.4 Å². The van der Waals surface area contributed by atoms with Crippen LogP contribution in [0, 0.1) is 34.0 Å². The molecule has 0 heterocycles. The Morgan fingerprint density at radius 1 is 1.12 bits per heavy atom. The molecule has 4 N–H and O–H groups in total. The van der Waals surface area contributed by atoms with Crippen LogP contribution in [0.25, 0.3) is 0 Å². The molecule has 4 aliphatic rings. The maximum atomic E-state index is 13.2. The highest BCUT2D eigenvalue weighted by molar-refractivity contribution is 6.04. The van der Waals surface area contributed by atoms with Crippen LogP contribution in [-0.4, -0.2) is 51.6 Å². The molecular weight excluding hydrogens is 320 g/mol. The minimum atomic E-state index is -1.22. The zero-order chi connectivity index (χ0) is 18.2. The van der Waals surface area contributed by atoms with Gasteiger partial charge in [-0.3, -0.25) is 4.79 Å². The number of carbonyl (C=O) groups is 1. The number of rotatable bonds is 2. The van der Waals surface area contributed by atoms with E-state index in [9.17, 15) is 25.2 Å². The van der Waals surface area contributed by atoms with Crippen LogP contribution < -0.4 is 0 Å². The standard InChI is InChI=1S/C20H30O5/c1-11-12-4-5-13-19(10-22)7-3-6-18(2,9-21)14(19)8-15(23)20(13,16(11)24)17(12)25/h12-15,17,21-23,25H,1,3-10H2,2H3/t12-,13-,14+,15+,17+,18+,19+,20-/m0/s1. The van der Waals surface area contributed by atoms with E-state index in [2.05, 4.69) is 6.58 Å².